The number of benzene rings is 3. The maximum atomic E-state index is 12.6. The van der Waals surface area contributed by atoms with Crippen molar-refractivity contribution in [3.8, 4) is 0 Å². The summed E-state index contributed by atoms with van der Waals surface area (Å²) in [6.07, 6.45) is 0. The first kappa shape index (κ1) is 24.4. The Morgan fingerprint density at radius 1 is 0.414 bits per heavy atom. The smallest absolute Gasteiger partial charge is 0.129 e. The highest BCUT2D eigenvalue weighted by Gasteiger charge is 2.03. The van der Waals surface area contributed by atoms with Gasteiger partial charge in [0.05, 0.1) is 0 Å². The highest BCUT2D eigenvalue weighted by molar-refractivity contribution is 5.29. The molecule has 0 radical (unpaired) electrons. The highest BCUT2D eigenvalue weighted by Crippen LogP contribution is 2.13. The Labute approximate surface area is 171 Å². The summed E-state index contributed by atoms with van der Waals surface area (Å²) in [5, 5.41) is 0. The SMILES string of the molecule is Cc1cc(F)c(C)c(F)c1.Cc1cc(F)c(C)c(F)c1.Cc1ccc(C)c(C)c1. The van der Waals surface area contributed by atoms with E-state index in [2.05, 4.69) is 39.0 Å². The van der Waals surface area contributed by atoms with E-state index in [1.165, 1.54) is 54.8 Å². The zero-order valence-electron chi connectivity index (χ0n) is 18.1. The Balaban J connectivity index is 0.000000218. The van der Waals surface area contributed by atoms with Gasteiger partial charge in [0, 0.05) is 11.1 Å². The second-order valence-corrected chi connectivity index (χ2v) is 7.29. The van der Waals surface area contributed by atoms with Crippen LogP contribution in [0.2, 0.25) is 0 Å². The molecule has 0 unspecified atom stereocenters. The molecule has 0 saturated heterocycles. The van der Waals surface area contributed by atoms with E-state index in [0.717, 1.165) is 0 Å². The molecule has 0 bridgehead atoms. The Bertz CT molecular complexity index is 873. The van der Waals surface area contributed by atoms with Crippen molar-refractivity contribution in [3.05, 3.63) is 105 Å². The van der Waals surface area contributed by atoms with Gasteiger partial charge in [-0.3, -0.25) is 0 Å². The van der Waals surface area contributed by atoms with Crippen molar-refractivity contribution < 1.29 is 17.6 Å². The van der Waals surface area contributed by atoms with Gasteiger partial charge in [-0.2, -0.15) is 0 Å². The zero-order valence-corrected chi connectivity index (χ0v) is 18.1. The van der Waals surface area contributed by atoms with Crippen LogP contribution in [0.5, 0.6) is 0 Å². The fourth-order valence-corrected chi connectivity index (χ4v) is 2.44. The minimum Gasteiger partial charge on any atom is -0.207 e. The molecule has 3 aromatic carbocycles. The average Bonchev–Trinajstić information content (AvgIpc) is 2.62. The molecular weight excluding hydrogens is 376 g/mol. The molecule has 0 heterocycles. The predicted molar refractivity (Wildman–Crippen MR) is 112 cm³/mol. The molecule has 0 saturated carbocycles. The van der Waals surface area contributed by atoms with Crippen molar-refractivity contribution in [2.45, 2.75) is 48.5 Å². The van der Waals surface area contributed by atoms with Gasteiger partial charge >= 0.3 is 0 Å². The number of rotatable bonds is 0. The van der Waals surface area contributed by atoms with Crippen LogP contribution in [0.1, 0.15) is 38.9 Å². The highest BCUT2D eigenvalue weighted by atomic mass is 19.1. The van der Waals surface area contributed by atoms with Crippen molar-refractivity contribution in [3.63, 3.8) is 0 Å². The summed E-state index contributed by atoms with van der Waals surface area (Å²) in [4.78, 5) is 0. The minimum absolute atomic E-state index is 0.0885. The third-order valence-electron chi connectivity index (χ3n) is 4.51. The summed E-state index contributed by atoms with van der Waals surface area (Å²) in [7, 11) is 0. The van der Waals surface area contributed by atoms with E-state index < -0.39 is 23.3 Å². The quantitative estimate of drug-likeness (QED) is 0.336. The van der Waals surface area contributed by atoms with E-state index in [4.69, 9.17) is 0 Å². The predicted octanol–water partition coefficient (Wildman–Crippen LogP) is 7.78. The van der Waals surface area contributed by atoms with E-state index in [1.54, 1.807) is 13.8 Å². The summed E-state index contributed by atoms with van der Waals surface area (Å²) in [5.74, 6) is -1.90. The Kier molecular flexibility index (Phi) is 9.09. The maximum Gasteiger partial charge on any atom is 0.129 e. The third-order valence-corrected chi connectivity index (χ3v) is 4.51. The Hall–Kier alpha value is -2.62. The van der Waals surface area contributed by atoms with Gasteiger partial charge in [-0.05, 0) is 95.0 Å². The molecule has 0 fully saturated rings. The molecular formula is C25H28F4. The van der Waals surface area contributed by atoms with E-state index in [0.29, 0.717) is 11.1 Å². The van der Waals surface area contributed by atoms with Crippen LogP contribution in [0.4, 0.5) is 17.6 Å². The number of hydrogen-bond donors (Lipinski definition) is 0. The molecule has 0 spiro atoms. The number of halogens is 4. The van der Waals surface area contributed by atoms with E-state index >= 15 is 0 Å². The van der Waals surface area contributed by atoms with Crippen LogP contribution in [-0.2, 0) is 0 Å². The molecule has 0 aromatic heterocycles. The zero-order chi connectivity index (χ0) is 22.3. The van der Waals surface area contributed by atoms with Gasteiger partial charge in [0.2, 0.25) is 0 Å². The Morgan fingerprint density at radius 2 is 0.759 bits per heavy atom. The van der Waals surface area contributed by atoms with Crippen LogP contribution in [0.3, 0.4) is 0 Å². The fourth-order valence-electron chi connectivity index (χ4n) is 2.44. The largest absolute Gasteiger partial charge is 0.207 e. The lowest BCUT2D eigenvalue weighted by molar-refractivity contribution is 0.565. The summed E-state index contributed by atoms with van der Waals surface area (Å²) >= 11 is 0. The lowest BCUT2D eigenvalue weighted by atomic mass is 10.1. The molecule has 0 aliphatic carbocycles. The topological polar surface area (TPSA) is 0 Å². The van der Waals surface area contributed by atoms with Crippen LogP contribution in [-0.4, -0.2) is 0 Å². The second-order valence-electron chi connectivity index (χ2n) is 7.29. The van der Waals surface area contributed by atoms with Crippen molar-refractivity contribution in [1.82, 2.24) is 0 Å². The molecule has 0 amide bonds. The summed E-state index contributed by atoms with van der Waals surface area (Å²) < 4.78 is 50.4. The summed E-state index contributed by atoms with van der Waals surface area (Å²) in [6.45, 7) is 12.6. The fraction of sp³-hybridized carbons (Fsp3) is 0.280. The first-order valence-electron chi connectivity index (χ1n) is 9.30. The standard InChI is InChI=1S/C9H12.2C8H8F2/c1-7-4-5-8(2)9(3)6-7;2*1-5-3-7(9)6(2)8(10)4-5/h4-6H,1-3H3;2*3-4H,1-2H3. The van der Waals surface area contributed by atoms with Crippen molar-refractivity contribution in [2.24, 2.45) is 0 Å². The monoisotopic (exact) mass is 404 g/mol. The van der Waals surface area contributed by atoms with Gasteiger partial charge in [0.15, 0.2) is 0 Å². The molecule has 3 rings (SSSR count). The van der Waals surface area contributed by atoms with Crippen LogP contribution in [0.15, 0.2) is 42.5 Å². The average molecular weight is 404 g/mol. The molecule has 156 valence electrons. The Morgan fingerprint density at radius 3 is 1.03 bits per heavy atom. The van der Waals surface area contributed by atoms with Gasteiger partial charge in [0.25, 0.3) is 0 Å². The van der Waals surface area contributed by atoms with E-state index in [1.807, 2.05) is 0 Å². The lowest BCUT2D eigenvalue weighted by Crippen LogP contribution is -1.89. The normalized spacial score (nSPS) is 9.90. The third kappa shape index (κ3) is 7.72. The van der Waals surface area contributed by atoms with Gasteiger partial charge in [0.1, 0.15) is 23.3 Å². The molecule has 0 N–H and O–H groups in total. The van der Waals surface area contributed by atoms with Gasteiger partial charge in [-0.1, -0.05) is 23.8 Å². The summed E-state index contributed by atoms with van der Waals surface area (Å²) in [6, 6.07) is 11.8. The molecule has 4 heteroatoms. The first-order chi connectivity index (χ1) is 13.4. The van der Waals surface area contributed by atoms with E-state index in [9.17, 15) is 17.6 Å². The first-order valence-corrected chi connectivity index (χ1v) is 9.30. The van der Waals surface area contributed by atoms with Gasteiger partial charge in [-0.25, -0.2) is 17.6 Å². The molecule has 0 aliphatic heterocycles. The molecule has 0 aliphatic rings. The summed E-state index contributed by atoms with van der Waals surface area (Å²) in [5.41, 5.74) is 5.51. The van der Waals surface area contributed by atoms with Crippen LogP contribution < -0.4 is 0 Å². The number of hydrogen-bond acceptors (Lipinski definition) is 0. The van der Waals surface area contributed by atoms with Crippen LogP contribution in [0.25, 0.3) is 0 Å². The van der Waals surface area contributed by atoms with Crippen LogP contribution in [0, 0.1) is 71.7 Å². The van der Waals surface area contributed by atoms with Crippen molar-refractivity contribution in [2.75, 3.05) is 0 Å². The molecule has 0 nitrogen and oxygen atoms in total. The molecule has 0 atom stereocenters. The maximum absolute atomic E-state index is 12.6. The van der Waals surface area contributed by atoms with Crippen molar-refractivity contribution in [1.29, 1.82) is 0 Å². The van der Waals surface area contributed by atoms with E-state index in [-0.39, 0.29) is 11.1 Å². The van der Waals surface area contributed by atoms with Gasteiger partial charge in [-0.15, -0.1) is 0 Å². The van der Waals surface area contributed by atoms with Crippen LogP contribution >= 0.6 is 0 Å². The molecule has 29 heavy (non-hydrogen) atoms. The lowest BCUT2D eigenvalue weighted by Gasteiger charge is -1.98. The second kappa shape index (κ2) is 10.8. The molecule has 3 aromatic rings. The van der Waals surface area contributed by atoms with Gasteiger partial charge < -0.3 is 0 Å². The minimum atomic E-state index is -0.475. The number of aryl methyl sites for hydroxylation is 5. The van der Waals surface area contributed by atoms with Crippen molar-refractivity contribution >= 4 is 0 Å².